The number of amides is 1. The highest BCUT2D eigenvalue weighted by Gasteiger charge is 2.38. The van der Waals surface area contributed by atoms with Crippen LogP contribution in [0.5, 0.6) is 0 Å². The predicted octanol–water partition coefficient (Wildman–Crippen LogP) is 0.187. The van der Waals surface area contributed by atoms with Crippen LogP contribution in [0.25, 0.3) is 0 Å². The van der Waals surface area contributed by atoms with E-state index in [2.05, 4.69) is 5.32 Å². The van der Waals surface area contributed by atoms with E-state index in [0.717, 1.165) is 32.4 Å². The predicted molar refractivity (Wildman–Crippen MR) is 83.0 cm³/mol. The van der Waals surface area contributed by atoms with Crippen molar-refractivity contribution in [1.82, 2.24) is 14.5 Å². The molecule has 0 aromatic heterocycles. The van der Waals surface area contributed by atoms with Gasteiger partial charge in [-0.25, -0.2) is 12.7 Å². The van der Waals surface area contributed by atoms with E-state index >= 15 is 0 Å². The Labute approximate surface area is 132 Å². The molecule has 2 atom stereocenters. The highest BCUT2D eigenvalue weighted by Crippen LogP contribution is 2.28. The monoisotopic (exact) mass is 337 g/mol. The first-order chi connectivity index (χ1) is 9.58. The number of fused-ring (bicyclic) bond motifs is 2. The van der Waals surface area contributed by atoms with Crippen molar-refractivity contribution >= 4 is 28.3 Å². The molecular formula is C13H24ClN3O3S. The van der Waals surface area contributed by atoms with Gasteiger partial charge in [0.05, 0.1) is 5.75 Å². The largest absolute Gasteiger partial charge is 0.335 e. The van der Waals surface area contributed by atoms with E-state index < -0.39 is 10.0 Å². The molecule has 3 heterocycles. The van der Waals surface area contributed by atoms with E-state index in [1.54, 1.807) is 0 Å². The van der Waals surface area contributed by atoms with Crippen LogP contribution in [-0.4, -0.2) is 67.5 Å². The zero-order valence-corrected chi connectivity index (χ0v) is 13.8. The summed E-state index contributed by atoms with van der Waals surface area (Å²) in [6.07, 6.45) is 4.21. The average Bonchev–Trinajstić information content (AvgIpc) is 2.84. The van der Waals surface area contributed by atoms with Crippen LogP contribution in [0.15, 0.2) is 0 Å². The van der Waals surface area contributed by atoms with Gasteiger partial charge in [-0.1, -0.05) is 0 Å². The lowest BCUT2D eigenvalue weighted by molar-refractivity contribution is -0.133. The van der Waals surface area contributed by atoms with Crippen molar-refractivity contribution in [2.75, 3.05) is 31.9 Å². The summed E-state index contributed by atoms with van der Waals surface area (Å²) in [6, 6.07) is 0.669. The van der Waals surface area contributed by atoms with Crippen LogP contribution in [0.4, 0.5) is 0 Å². The Morgan fingerprint density at radius 1 is 1.19 bits per heavy atom. The molecule has 0 aliphatic carbocycles. The first kappa shape index (κ1) is 17.0. The summed E-state index contributed by atoms with van der Waals surface area (Å²) in [6.45, 7) is 2.78. The highest BCUT2D eigenvalue weighted by atomic mass is 35.5. The molecule has 0 saturated carbocycles. The average molecular weight is 338 g/mol. The Morgan fingerprint density at radius 2 is 1.95 bits per heavy atom. The van der Waals surface area contributed by atoms with Crippen molar-refractivity contribution in [3.8, 4) is 0 Å². The second-order valence-corrected chi connectivity index (χ2v) is 8.09. The number of sulfonamides is 1. The Hall–Kier alpha value is -0.370. The van der Waals surface area contributed by atoms with Crippen LogP contribution in [0.1, 0.15) is 32.1 Å². The van der Waals surface area contributed by atoms with Crippen molar-refractivity contribution in [3.05, 3.63) is 0 Å². The molecule has 0 aromatic carbocycles. The second-order valence-electron chi connectivity index (χ2n) is 6.00. The molecule has 0 aromatic rings. The fraction of sp³-hybridized carbons (Fsp3) is 0.923. The number of nitrogens with zero attached hydrogens (tertiary/aromatic N) is 2. The minimum atomic E-state index is -3.08. The van der Waals surface area contributed by atoms with Gasteiger partial charge in [0.25, 0.3) is 0 Å². The molecule has 3 rings (SSSR count). The van der Waals surface area contributed by atoms with Crippen LogP contribution in [0.2, 0.25) is 0 Å². The number of carbonyl (C=O) groups is 1. The molecule has 8 heteroatoms. The number of nitrogens with one attached hydrogen (secondary N) is 1. The highest BCUT2D eigenvalue weighted by molar-refractivity contribution is 7.89. The zero-order valence-electron chi connectivity index (χ0n) is 12.2. The molecule has 21 heavy (non-hydrogen) atoms. The first-order valence-electron chi connectivity index (χ1n) is 7.57. The van der Waals surface area contributed by atoms with Crippen LogP contribution < -0.4 is 5.32 Å². The van der Waals surface area contributed by atoms with Crippen LogP contribution in [0, 0.1) is 0 Å². The van der Waals surface area contributed by atoms with Gasteiger partial charge in [0, 0.05) is 38.1 Å². The third kappa shape index (κ3) is 3.52. The van der Waals surface area contributed by atoms with Crippen LogP contribution >= 0.6 is 12.4 Å². The molecular weight excluding hydrogens is 314 g/mol. The Morgan fingerprint density at radius 3 is 2.67 bits per heavy atom. The van der Waals surface area contributed by atoms with Gasteiger partial charge in [0.2, 0.25) is 15.9 Å². The third-order valence-corrected chi connectivity index (χ3v) is 6.68. The van der Waals surface area contributed by atoms with E-state index in [-0.39, 0.29) is 24.1 Å². The summed E-state index contributed by atoms with van der Waals surface area (Å²) in [7, 11) is -3.08. The fourth-order valence-electron chi connectivity index (χ4n) is 3.68. The minimum Gasteiger partial charge on any atom is -0.335 e. The molecule has 3 fully saturated rings. The SMILES string of the molecule is Cl.O=C(CCN1CCCS1(=O)=O)N1C2CCNCC1CC2. The Bertz CT molecular complexity index is 471. The standard InChI is InChI=1S/C13H23N3O3S.ClH/c17-13(5-8-15-7-1-9-20(15,18)19)16-11-2-3-12(16)10-14-6-4-11;/h11-12,14H,1-10H2;1H. The Balaban J connectivity index is 0.00000161. The van der Waals surface area contributed by atoms with Crippen LogP contribution in [-0.2, 0) is 14.8 Å². The topological polar surface area (TPSA) is 69.7 Å². The molecule has 0 radical (unpaired) electrons. The molecule has 1 N–H and O–H groups in total. The second kappa shape index (κ2) is 6.81. The quantitative estimate of drug-likeness (QED) is 0.798. The lowest BCUT2D eigenvalue weighted by Crippen LogP contribution is -2.43. The maximum atomic E-state index is 12.5. The van der Waals surface area contributed by atoms with E-state index in [0.29, 0.717) is 38.0 Å². The zero-order chi connectivity index (χ0) is 14.2. The van der Waals surface area contributed by atoms with Crippen molar-refractivity contribution in [2.45, 2.75) is 44.2 Å². The van der Waals surface area contributed by atoms with Crippen LogP contribution in [0.3, 0.4) is 0 Å². The number of rotatable bonds is 3. The maximum Gasteiger partial charge on any atom is 0.224 e. The molecule has 2 bridgehead atoms. The number of hydrogen-bond donors (Lipinski definition) is 1. The van der Waals surface area contributed by atoms with E-state index in [4.69, 9.17) is 0 Å². The third-order valence-electron chi connectivity index (χ3n) is 4.72. The maximum absolute atomic E-state index is 12.5. The van der Waals surface area contributed by atoms with Gasteiger partial charge in [0.15, 0.2) is 0 Å². The smallest absolute Gasteiger partial charge is 0.224 e. The summed E-state index contributed by atoms with van der Waals surface area (Å²) in [5, 5.41) is 3.37. The number of hydrogen-bond acceptors (Lipinski definition) is 4. The first-order valence-corrected chi connectivity index (χ1v) is 9.18. The van der Waals surface area contributed by atoms with E-state index in [1.807, 2.05) is 4.90 Å². The molecule has 122 valence electrons. The molecule has 1 amide bonds. The molecule has 3 aliphatic rings. The van der Waals surface area contributed by atoms with Gasteiger partial charge in [-0.3, -0.25) is 4.79 Å². The van der Waals surface area contributed by atoms with Gasteiger partial charge >= 0.3 is 0 Å². The van der Waals surface area contributed by atoms with Crippen molar-refractivity contribution in [1.29, 1.82) is 0 Å². The summed E-state index contributed by atoms with van der Waals surface area (Å²) in [4.78, 5) is 14.5. The van der Waals surface area contributed by atoms with Gasteiger partial charge in [-0.2, -0.15) is 0 Å². The van der Waals surface area contributed by atoms with E-state index in [1.165, 1.54) is 4.31 Å². The number of carbonyl (C=O) groups excluding carboxylic acids is 1. The summed E-state index contributed by atoms with van der Waals surface area (Å²) in [5.41, 5.74) is 0. The molecule has 3 saturated heterocycles. The number of halogens is 1. The van der Waals surface area contributed by atoms with Crippen molar-refractivity contribution in [2.24, 2.45) is 0 Å². The van der Waals surface area contributed by atoms with Crippen molar-refractivity contribution < 1.29 is 13.2 Å². The molecule has 2 unspecified atom stereocenters. The van der Waals surface area contributed by atoms with Crippen molar-refractivity contribution in [3.63, 3.8) is 0 Å². The fourth-order valence-corrected chi connectivity index (χ4v) is 5.21. The van der Waals surface area contributed by atoms with Gasteiger partial charge in [-0.05, 0) is 32.2 Å². The normalized spacial score (nSPS) is 31.7. The van der Waals surface area contributed by atoms with Gasteiger partial charge in [0.1, 0.15) is 0 Å². The summed E-state index contributed by atoms with van der Waals surface area (Å²) < 4.78 is 25.0. The van der Waals surface area contributed by atoms with E-state index in [9.17, 15) is 13.2 Å². The molecule has 6 nitrogen and oxygen atoms in total. The van der Waals surface area contributed by atoms with Gasteiger partial charge in [-0.15, -0.1) is 12.4 Å². The minimum absolute atomic E-state index is 0. The Kier molecular flexibility index (Phi) is 5.51. The summed E-state index contributed by atoms with van der Waals surface area (Å²) in [5.74, 6) is 0.364. The lowest BCUT2D eigenvalue weighted by Gasteiger charge is -2.28. The lowest BCUT2D eigenvalue weighted by atomic mass is 10.1. The summed E-state index contributed by atoms with van der Waals surface area (Å²) >= 11 is 0. The molecule has 0 spiro atoms. The molecule has 3 aliphatic heterocycles. The van der Waals surface area contributed by atoms with Gasteiger partial charge < -0.3 is 10.2 Å².